The van der Waals surface area contributed by atoms with E-state index in [1.165, 1.54) is 11.8 Å². The Labute approximate surface area is 199 Å². The molecule has 0 bridgehead atoms. The van der Waals surface area contributed by atoms with Crippen molar-refractivity contribution in [1.82, 2.24) is 4.98 Å². The maximum atomic E-state index is 13.2. The molecule has 7 heteroatoms. The highest BCUT2D eigenvalue weighted by Gasteiger charge is 2.17. The maximum absolute atomic E-state index is 13.2. The number of rotatable bonds is 7. The minimum atomic E-state index is -0.170. The molecule has 0 aliphatic rings. The second-order valence-corrected chi connectivity index (χ2v) is 9.08. The summed E-state index contributed by atoms with van der Waals surface area (Å²) in [7, 11) is 0. The lowest BCUT2D eigenvalue weighted by Crippen LogP contribution is -2.11. The molecule has 0 unspecified atom stereocenters. The highest BCUT2D eigenvalue weighted by atomic mass is 35.5. The number of fused-ring (bicyclic) bond motifs is 2. The normalized spacial score (nSPS) is 11.3. The predicted molar refractivity (Wildman–Crippen MR) is 133 cm³/mol. The molecule has 5 rings (SSSR count). The number of oxazole rings is 1. The molecule has 3 aromatic carbocycles. The van der Waals surface area contributed by atoms with Crippen molar-refractivity contribution in [2.45, 2.75) is 18.6 Å². The topological polar surface area (TPSA) is 65.5 Å². The summed E-state index contributed by atoms with van der Waals surface area (Å²) in [6, 6.07) is 20.4. The molecule has 5 nitrogen and oxygen atoms in total. The molecule has 0 spiro atoms. The fraction of sp³-hybridized carbons (Fsp3) is 0.154. The maximum Gasteiger partial charge on any atom is 0.256 e. The zero-order valence-electron chi connectivity index (χ0n) is 17.8. The quantitative estimate of drug-likeness (QED) is 0.183. The third-order valence-electron chi connectivity index (χ3n) is 5.16. The van der Waals surface area contributed by atoms with Crippen molar-refractivity contribution in [2.24, 2.45) is 0 Å². The SMILES string of the molecule is Cc1ccc(-c2oc3ccccc3c(=O)c2OCCCSc2nc3cc(Cl)ccc3o2)cc1. The van der Waals surface area contributed by atoms with Gasteiger partial charge in [-0.1, -0.05) is 65.3 Å². The number of hydrogen-bond acceptors (Lipinski definition) is 6. The number of ether oxygens (including phenoxy) is 1. The number of aromatic nitrogens is 1. The average molecular weight is 478 g/mol. The number of halogens is 1. The van der Waals surface area contributed by atoms with Crippen LogP contribution < -0.4 is 10.2 Å². The number of nitrogens with zero attached hydrogens (tertiary/aromatic N) is 1. The van der Waals surface area contributed by atoms with Crippen molar-refractivity contribution >= 4 is 45.4 Å². The molecule has 2 aromatic heterocycles. The minimum absolute atomic E-state index is 0.170. The predicted octanol–water partition coefficient (Wildman–Crippen LogP) is 7.12. The Kier molecular flexibility index (Phi) is 6.11. The van der Waals surface area contributed by atoms with E-state index >= 15 is 0 Å². The first-order valence-corrected chi connectivity index (χ1v) is 11.9. The summed E-state index contributed by atoms with van der Waals surface area (Å²) in [4.78, 5) is 17.6. The molecule has 0 fully saturated rings. The summed E-state index contributed by atoms with van der Waals surface area (Å²) in [6.07, 6.45) is 0.698. The molecule has 0 radical (unpaired) electrons. The lowest BCUT2D eigenvalue weighted by atomic mass is 10.1. The summed E-state index contributed by atoms with van der Waals surface area (Å²) < 4.78 is 17.8. The van der Waals surface area contributed by atoms with E-state index in [9.17, 15) is 4.79 Å². The third kappa shape index (κ3) is 4.63. The van der Waals surface area contributed by atoms with E-state index in [4.69, 9.17) is 25.2 Å². The van der Waals surface area contributed by atoms with Crippen molar-refractivity contribution in [3.05, 3.63) is 87.5 Å². The lowest BCUT2D eigenvalue weighted by Gasteiger charge is -2.11. The van der Waals surface area contributed by atoms with Crippen LogP contribution >= 0.6 is 23.4 Å². The van der Waals surface area contributed by atoms with Gasteiger partial charge < -0.3 is 13.6 Å². The van der Waals surface area contributed by atoms with Gasteiger partial charge in [-0.15, -0.1) is 0 Å². The van der Waals surface area contributed by atoms with Gasteiger partial charge in [0.05, 0.1) is 12.0 Å². The van der Waals surface area contributed by atoms with Gasteiger partial charge in [0.15, 0.2) is 11.3 Å². The standard InChI is InChI=1S/C26H20ClNO4S/c1-16-7-9-17(10-8-16)24-25(23(29)19-5-2-3-6-21(19)31-24)30-13-4-14-33-26-28-20-15-18(27)11-12-22(20)32-26/h2-3,5-12,15H,4,13-14H2,1H3. The Hall–Kier alpha value is -3.22. The van der Waals surface area contributed by atoms with Crippen LogP contribution in [0.15, 0.2) is 85.6 Å². The van der Waals surface area contributed by atoms with Crippen molar-refractivity contribution in [3.63, 3.8) is 0 Å². The summed E-state index contributed by atoms with van der Waals surface area (Å²) in [5.74, 6) is 1.40. The Balaban J connectivity index is 1.32. The first-order valence-electron chi connectivity index (χ1n) is 10.5. The summed E-state index contributed by atoms with van der Waals surface area (Å²) >= 11 is 7.50. The van der Waals surface area contributed by atoms with Gasteiger partial charge in [-0.3, -0.25) is 4.79 Å². The molecule has 33 heavy (non-hydrogen) atoms. The van der Waals surface area contributed by atoms with Gasteiger partial charge >= 0.3 is 0 Å². The van der Waals surface area contributed by atoms with Crippen LogP contribution in [0.25, 0.3) is 33.4 Å². The van der Waals surface area contributed by atoms with Crippen LogP contribution in [0.2, 0.25) is 5.02 Å². The van der Waals surface area contributed by atoms with E-state index in [-0.39, 0.29) is 11.2 Å². The Morgan fingerprint density at radius 3 is 2.67 bits per heavy atom. The lowest BCUT2D eigenvalue weighted by molar-refractivity contribution is 0.310. The Morgan fingerprint density at radius 2 is 1.82 bits per heavy atom. The van der Waals surface area contributed by atoms with E-state index < -0.39 is 0 Å². The van der Waals surface area contributed by atoms with Gasteiger partial charge in [0.2, 0.25) is 11.2 Å². The number of hydrogen-bond donors (Lipinski definition) is 0. The molecule has 0 atom stereocenters. The fourth-order valence-corrected chi connectivity index (χ4v) is 4.40. The number of para-hydroxylation sites is 1. The Bertz CT molecular complexity index is 1490. The molecule has 0 aliphatic heterocycles. The molecule has 0 saturated heterocycles. The van der Waals surface area contributed by atoms with E-state index in [1.54, 1.807) is 24.3 Å². The number of thioether (sulfide) groups is 1. The van der Waals surface area contributed by atoms with Gasteiger partial charge in [0.25, 0.3) is 5.22 Å². The van der Waals surface area contributed by atoms with Crippen LogP contribution in [0.4, 0.5) is 0 Å². The molecular formula is C26H20ClNO4S. The van der Waals surface area contributed by atoms with Crippen LogP contribution in [0.5, 0.6) is 5.75 Å². The molecular weight excluding hydrogens is 458 g/mol. The molecule has 2 heterocycles. The monoisotopic (exact) mass is 477 g/mol. The highest BCUT2D eigenvalue weighted by Crippen LogP contribution is 2.31. The molecule has 166 valence electrons. The molecule has 0 amide bonds. The second kappa shape index (κ2) is 9.33. The molecule has 0 aliphatic carbocycles. The van der Waals surface area contributed by atoms with Crippen molar-refractivity contribution < 1.29 is 13.6 Å². The van der Waals surface area contributed by atoms with Crippen LogP contribution in [-0.2, 0) is 0 Å². The second-order valence-electron chi connectivity index (χ2n) is 7.59. The van der Waals surface area contributed by atoms with Crippen molar-refractivity contribution in [1.29, 1.82) is 0 Å². The fourth-order valence-electron chi connectivity index (χ4n) is 3.48. The Morgan fingerprint density at radius 1 is 1.00 bits per heavy atom. The molecule has 5 aromatic rings. The van der Waals surface area contributed by atoms with Gasteiger partial charge in [-0.05, 0) is 43.7 Å². The largest absolute Gasteiger partial charge is 0.486 e. The van der Waals surface area contributed by atoms with Crippen molar-refractivity contribution in [3.8, 4) is 17.1 Å². The zero-order valence-corrected chi connectivity index (χ0v) is 19.4. The number of aryl methyl sites for hydroxylation is 1. The molecule has 0 N–H and O–H groups in total. The van der Waals surface area contributed by atoms with Crippen LogP contribution in [0.1, 0.15) is 12.0 Å². The first kappa shape index (κ1) is 21.6. The minimum Gasteiger partial charge on any atom is -0.486 e. The van der Waals surface area contributed by atoms with Crippen LogP contribution in [-0.4, -0.2) is 17.3 Å². The molecule has 0 saturated carbocycles. The summed E-state index contributed by atoms with van der Waals surface area (Å²) in [6.45, 7) is 2.38. The summed E-state index contributed by atoms with van der Waals surface area (Å²) in [5.41, 5.74) is 3.74. The van der Waals surface area contributed by atoms with E-state index in [0.717, 1.165) is 22.4 Å². The number of benzene rings is 3. The van der Waals surface area contributed by atoms with Gasteiger partial charge in [0, 0.05) is 16.3 Å². The highest BCUT2D eigenvalue weighted by molar-refractivity contribution is 7.99. The van der Waals surface area contributed by atoms with Gasteiger partial charge in [0.1, 0.15) is 11.1 Å². The first-order chi connectivity index (χ1) is 16.1. The van der Waals surface area contributed by atoms with Crippen molar-refractivity contribution in [2.75, 3.05) is 12.4 Å². The smallest absolute Gasteiger partial charge is 0.256 e. The summed E-state index contributed by atoms with van der Waals surface area (Å²) in [5, 5.41) is 1.71. The van der Waals surface area contributed by atoms with E-state index in [1.807, 2.05) is 49.4 Å². The van der Waals surface area contributed by atoms with Crippen LogP contribution in [0, 0.1) is 6.92 Å². The third-order valence-corrected chi connectivity index (χ3v) is 6.31. The van der Waals surface area contributed by atoms with E-state index in [0.29, 0.717) is 45.6 Å². The zero-order chi connectivity index (χ0) is 22.8. The van der Waals surface area contributed by atoms with E-state index in [2.05, 4.69) is 4.98 Å². The van der Waals surface area contributed by atoms with Gasteiger partial charge in [-0.2, -0.15) is 0 Å². The van der Waals surface area contributed by atoms with Crippen LogP contribution in [0.3, 0.4) is 0 Å². The van der Waals surface area contributed by atoms with Gasteiger partial charge in [-0.25, -0.2) is 4.98 Å². The average Bonchev–Trinajstić information content (AvgIpc) is 3.22.